The topological polar surface area (TPSA) is 42.4 Å². The molecule has 1 atom stereocenters. The van der Waals surface area contributed by atoms with Crippen molar-refractivity contribution in [3.8, 4) is 10.6 Å². The summed E-state index contributed by atoms with van der Waals surface area (Å²) in [5.41, 5.74) is 1.72. The summed E-state index contributed by atoms with van der Waals surface area (Å²) in [5, 5.41) is 2.88. The van der Waals surface area contributed by atoms with E-state index in [1.54, 1.807) is 24.6 Å². The highest BCUT2D eigenvalue weighted by Gasteiger charge is 2.24. The number of carbonyl (C=O) groups excluding carboxylic acids is 1. The number of likely N-dealkylation sites (tertiary alicyclic amines) is 1. The minimum Gasteiger partial charge on any atom is -0.380 e. The quantitative estimate of drug-likeness (QED) is 0.875. The summed E-state index contributed by atoms with van der Waals surface area (Å²) in [6.45, 7) is 1.48. The molecule has 0 aliphatic carbocycles. The van der Waals surface area contributed by atoms with Crippen LogP contribution in [0.25, 0.3) is 10.6 Å². The Kier molecular flexibility index (Phi) is 4.31. The molecule has 2 aromatic rings. The normalized spacial score (nSPS) is 18.7. The number of benzene rings is 1. The molecule has 1 amide bonds. The zero-order chi connectivity index (χ0) is 14.7. The fourth-order valence-electron chi connectivity index (χ4n) is 2.65. The molecule has 1 aromatic heterocycles. The average Bonchev–Trinajstić information content (AvgIpc) is 3.09. The van der Waals surface area contributed by atoms with Crippen molar-refractivity contribution in [1.82, 2.24) is 9.88 Å². The first kappa shape index (κ1) is 14.2. The number of hydrogen-bond acceptors (Lipinski definition) is 4. The van der Waals surface area contributed by atoms with Gasteiger partial charge in [0.2, 0.25) is 0 Å². The van der Waals surface area contributed by atoms with Crippen molar-refractivity contribution in [3.05, 3.63) is 41.4 Å². The molecule has 0 radical (unpaired) electrons. The summed E-state index contributed by atoms with van der Waals surface area (Å²) in [6.07, 6.45) is 3.96. The van der Waals surface area contributed by atoms with Crippen LogP contribution in [0, 0.1) is 0 Å². The van der Waals surface area contributed by atoms with Gasteiger partial charge in [-0.25, -0.2) is 4.98 Å². The van der Waals surface area contributed by atoms with E-state index in [0.717, 1.165) is 35.5 Å². The van der Waals surface area contributed by atoms with E-state index in [1.807, 2.05) is 34.5 Å². The highest BCUT2D eigenvalue weighted by molar-refractivity contribution is 7.13. The number of hydrogen-bond donors (Lipinski definition) is 0. The molecule has 0 unspecified atom stereocenters. The van der Waals surface area contributed by atoms with Gasteiger partial charge in [0.15, 0.2) is 0 Å². The third-order valence-corrected chi connectivity index (χ3v) is 4.61. The van der Waals surface area contributed by atoms with Gasteiger partial charge in [0.05, 0.1) is 6.10 Å². The van der Waals surface area contributed by atoms with Crippen molar-refractivity contribution in [1.29, 1.82) is 0 Å². The smallest absolute Gasteiger partial charge is 0.253 e. The van der Waals surface area contributed by atoms with Gasteiger partial charge in [-0.2, -0.15) is 0 Å². The maximum Gasteiger partial charge on any atom is 0.253 e. The van der Waals surface area contributed by atoms with Crippen LogP contribution in [0.2, 0.25) is 0 Å². The molecule has 5 heteroatoms. The first-order chi connectivity index (χ1) is 10.3. The van der Waals surface area contributed by atoms with E-state index < -0.39 is 0 Å². The van der Waals surface area contributed by atoms with E-state index in [4.69, 9.17) is 4.74 Å². The Hall–Kier alpha value is -1.72. The molecule has 1 aliphatic rings. The first-order valence-electron chi connectivity index (χ1n) is 7.10. The van der Waals surface area contributed by atoms with E-state index >= 15 is 0 Å². The summed E-state index contributed by atoms with van der Waals surface area (Å²) in [4.78, 5) is 18.8. The van der Waals surface area contributed by atoms with Gasteiger partial charge in [0.1, 0.15) is 5.01 Å². The third-order valence-electron chi connectivity index (χ3n) is 3.79. The van der Waals surface area contributed by atoms with Crippen LogP contribution in [0.3, 0.4) is 0 Å². The van der Waals surface area contributed by atoms with Gasteiger partial charge in [0, 0.05) is 42.9 Å². The minimum absolute atomic E-state index is 0.0788. The molecular weight excluding hydrogens is 284 g/mol. The molecule has 1 aliphatic heterocycles. The summed E-state index contributed by atoms with van der Waals surface area (Å²) < 4.78 is 5.39. The van der Waals surface area contributed by atoms with Gasteiger partial charge in [0.25, 0.3) is 5.91 Å². The summed E-state index contributed by atoms with van der Waals surface area (Å²) in [7, 11) is 1.71. The molecule has 2 heterocycles. The summed E-state index contributed by atoms with van der Waals surface area (Å²) in [5.74, 6) is 0.0788. The Morgan fingerprint density at radius 1 is 1.48 bits per heavy atom. The number of nitrogens with zero attached hydrogens (tertiary/aromatic N) is 2. The molecule has 0 spiro atoms. The Morgan fingerprint density at radius 2 is 2.38 bits per heavy atom. The predicted molar refractivity (Wildman–Crippen MR) is 83.5 cm³/mol. The second-order valence-electron chi connectivity index (χ2n) is 5.17. The lowest BCUT2D eigenvalue weighted by Crippen LogP contribution is -2.42. The SMILES string of the molecule is CO[C@@H]1CCCN(C(=O)c2cccc(-c3nccs3)c2)C1. The molecule has 0 saturated carbocycles. The monoisotopic (exact) mass is 302 g/mol. The zero-order valence-electron chi connectivity index (χ0n) is 12.0. The fraction of sp³-hybridized carbons (Fsp3) is 0.375. The number of piperidine rings is 1. The lowest BCUT2D eigenvalue weighted by molar-refractivity contribution is 0.0269. The standard InChI is InChI=1S/C16H18N2O2S/c1-20-14-6-3-8-18(11-14)16(19)13-5-2-4-12(10-13)15-17-7-9-21-15/h2,4-5,7,9-10,14H,3,6,8,11H2,1H3/t14-/m1/s1. The van der Waals surface area contributed by atoms with Crippen LogP contribution in [0.1, 0.15) is 23.2 Å². The number of carbonyl (C=O) groups is 1. The molecule has 4 nitrogen and oxygen atoms in total. The summed E-state index contributed by atoms with van der Waals surface area (Å²) >= 11 is 1.58. The van der Waals surface area contributed by atoms with Crippen LogP contribution in [-0.4, -0.2) is 42.1 Å². The number of rotatable bonds is 3. The van der Waals surface area contributed by atoms with Crippen molar-refractivity contribution >= 4 is 17.2 Å². The second kappa shape index (κ2) is 6.37. The van der Waals surface area contributed by atoms with Crippen molar-refractivity contribution in [3.63, 3.8) is 0 Å². The molecule has 1 aromatic carbocycles. The van der Waals surface area contributed by atoms with E-state index in [-0.39, 0.29) is 12.0 Å². The average molecular weight is 302 g/mol. The Labute approximate surface area is 128 Å². The molecule has 1 saturated heterocycles. The zero-order valence-corrected chi connectivity index (χ0v) is 12.8. The first-order valence-corrected chi connectivity index (χ1v) is 7.98. The Morgan fingerprint density at radius 3 is 3.14 bits per heavy atom. The molecule has 21 heavy (non-hydrogen) atoms. The van der Waals surface area contributed by atoms with Crippen molar-refractivity contribution in [2.24, 2.45) is 0 Å². The number of methoxy groups -OCH3 is 1. The lowest BCUT2D eigenvalue weighted by Gasteiger charge is -2.32. The van der Waals surface area contributed by atoms with E-state index in [9.17, 15) is 4.79 Å². The Bertz CT molecular complexity index is 612. The maximum atomic E-state index is 12.6. The van der Waals surface area contributed by atoms with E-state index in [0.29, 0.717) is 6.54 Å². The van der Waals surface area contributed by atoms with Crippen LogP contribution < -0.4 is 0 Å². The van der Waals surface area contributed by atoms with Crippen molar-refractivity contribution in [2.45, 2.75) is 18.9 Å². The van der Waals surface area contributed by atoms with Gasteiger partial charge in [-0.15, -0.1) is 11.3 Å². The van der Waals surface area contributed by atoms with Crippen LogP contribution >= 0.6 is 11.3 Å². The van der Waals surface area contributed by atoms with Crippen molar-refractivity contribution in [2.75, 3.05) is 20.2 Å². The van der Waals surface area contributed by atoms with Crippen LogP contribution in [0.5, 0.6) is 0 Å². The molecule has 110 valence electrons. The highest BCUT2D eigenvalue weighted by Crippen LogP contribution is 2.24. The van der Waals surface area contributed by atoms with Crippen molar-refractivity contribution < 1.29 is 9.53 Å². The third kappa shape index (κ3) is 3.14. The van der Waals surface area contributed by atoms with Gasteiger partial charge < -0.3 is 9.64 Å². The van der Waals surface area contributed by atoms with Crippen LogP contribution in [-0.2, 0) is 4.74 Å². The number of thiazole rings is 1. The van der Waals surface area contributed by atoms with Gasteiger partial charge >= 0.3 is 0 Å². The fourth-order valence-corrected chi connectivity index (χ4v) is 3.28. The molecule has 0 N–H and O–H groups in total. The van der Waals surface area contributed by atoms with Crippen LogP contribution in [0.15, 0.2) is 35.8 Å². The largest absolute Gasteiger partial charge is 0.380 e. The molecule has 1 fully saturated rings. The predicted octanol–water partition coefficient (Wildman–Crippen LogP) is 3.06. The highest BCUT2D eigenvalue weighted by atomic mass is 32.1. The molecule has 0 bridgehead atoms. The van der Waals surface area contributed by atoms with Crippen LogP contribution in [0.4, 0.5) is 0 Å². The number of aromatic nitrogens is 1. The summed E-state index contributed by atoms with van der Waals surface area (Å²) in [6, 6.07) is 7.71. The van der Waals surface area contributed by atoms with Gasteiger partial charge in [-0.3, -0.25) is 4.79 Å². The number of ether oxygens (including phenoxy) is 1. The van der Waals surface area contributed by atoms with E-state index in [1.165, 1.54) is 0 Å². The van der Waals surface area contributed by atoms with Gasteiger partial charge in [-0.05, 0) is 25.0 Å². The van der Waals surface area contributed by atoms with Gasteiger partial charge in [-0.1, -0.05) is 12.1 Å². The second-order valence-corrected chi connectivity index (χ2v) is 6.06. The van der Waals surface area contributed by atoms with E-state index in [2.05, 4.69) is 4.98 Å². The molecule has 3 rings (SSSR count). The molecular formula is C16H18N2O2S. The lowest BCUT2D eigenvalue weighted by atomic mass is 10.1. The maximum absolute atomic E-state index is 12.6. The minimum atomic E-state index is 0.0788. The number of amides is 1. The Balaban J connectivity index is 1.80.